The van der Waals surface area contributed by atoms with E-state index >= 15 is 0 Å². The molecule has 3 rings (SSSR count). The number of H-pyrrole nitrogens is 1. The summed E-state index contributed by atoms with van der Waals surface area (Å²) >= 11 is 0. The van der Waals surface area contributed by atoms with E-state index in [0.29, 0.717) is 17.0 Å². The summed E-state index contributed by atoms with van der Waals surface area (Å²) in [7, 11) is 0. The van der Waals surface area contributed by atoms with Crippen molar-refractivity contribution in [2.24, 2.45) is 0 Å². The number of anilines is 1. The van der Waals surface area contributed by atoms with Crippen LogP contribution >= 0.6 is 0 Å². The lowest BCUT2D eigenvalue weighted by Gasteiger charge is -2.11. The number of aromatic amines is 1. The summed E-state index contributed by atoms with van der Waals surface area (Å²) in [6.45, 7) is 3.70. The van der Waals surface area contributed by atoms with E-state index < -0.39 is 0 Å². The van der Waals surface area contributed by atoms with Crippen molar-refractivity contribution in [3.8, 4) is 0 Å². The molecule has 0 radical (unpaired) electrons. The van der Waals surface area contributed by atoms with Crippen molar-refractivity contribution in [3.05, 3.63) is 41.5 Å². The van der Waals surface area contributed by atoms with Crippen LogP contribution in [0.5, 0.6) is 0 Å². The van der Waals surface area contributed by atoms with E-state index in [1.165, 1.54) is 10.7 Å². The molecular formula is C13H15N7O. The van der Waals surface area contributed by atoms with Crippen LogP contribution in [0.3, 0.4) is 0 Å². The molecule has 0 saturated carbocycles. The number of hydrogen-bond donors (Lipinski definition) is 3. The SMILES string of the molecule is Cc1cc(N)n2ncc(C(=O)NC(C)c3cn[nH]c3)c2n1. The molecule has 0 saturated heterocycles. The summed E-state index contributed by atoms with van der Waals surface area (Å²) in [6, 6.07) is 1.53. The standard InChI is InChI=1S/C13H15N7O/c1-7-3-11(14)20-12(18-7)10(6-17-20)13(21)19-8(2)9-4-15-16-5-9/h3-6,8H,14H2,1-2H3,(H,15,16)(H,19,21). The maximum absolute atomic E-state index is 12.4. The second-order valence-electron chi connectivity index (χ2n) is 4.84. The minimum absolute atomic E-state index is 0.173. The average molecular weight is 285 g/mol. The van der Waals surface area contributed by atoms with Gasteiger partial charge in [0.15, 0.2) is 5.65 Å². The van der Waals surface area contributed by atoms with Crippen molar-refractivity contribution in [2.75, 3.05) is 5.73 Å². The molecule has 108 valence electrons. The highest BCUT2D eigenvalue weighted by Gasteiger charge is 2.18. The van der Waals surface area contributed by atoms with Crippen LogP contribution in [0.1, 0.15) is 34.6 Å². The first-order valence-corrected chi connectivity index (χ1v) is 6.46. The average Bonchev–Trinajstić information content (AvgIpc) is 3.07. The van der Waals surface area contributed by atoms with Gasteiger partial charge in [-0.1, -0.05) is 0 Å². The first-order chi connectivity index (χ1) is 10.1. The zero-order valence-electron chi connectivity index (χ0n) is 11.7. The van der Waals surface area contributed by atoms with Crippen LogP contribution in [-0.4, -0.2) is 30.7 Å². The molecule has 8 heteroatoms. The maximum Gasteiger partial charge on any atom is 0.257 e. The molecule has 8 nitrogen and oxygen atoms in total. The third-order valence-electron chi connectivity index (χ3n) is 3.24. The molecule has 0 bridgehead atoms. The van der Waals surface area contributed by atoms with Crippen LogP contribution in [0.2, 0.25) is 0 Å². The Balaban J connectivity index is 1.92. The topological polar surface area (TPSA) is 114 Å². The van der Waals surface area contributed by atoms with E-state index in [4.69, 9.17) is 5.73 Å². The molecule has 0 aliphatic carbocycles. The van der Waals surface area contributed by atoms with Gasteiger partial charge in [0.25, 0.3) is 5.91 Å². The smallest absolute Gasteiger partial charge is 0.257 e. The first kappa shape index (κ1) is 13.1. The molecule has 0 aromatic carbocycles. The molecule has 1 amide bonds. The van der Waals surface area contributed by atoms with Crippen molar-refractivity contribution >= 4 is 17.4 Å². The zero-order chi connectivity index (χ0) is 15.0. The predicted octanol–water partition coefficient (Wildman–Crippen LogP) is 0.834. The van der Waals surface area contributed by atoms with E-state index in [2.05, 4.69) is 25.6 Å². The lowest BCUT2D eigenvalue weighted by atomic mass is 10.2. The molecule has 1 atom stereocenters. The number of nitrogens with one attached hydrogen (secondary N) is 2. The Morgan fingerprint density at radius 1 is 1.48 bits per heavy atom. The van der Waals surface area contributed by atoms with E-state index in [1.807, 2.05) is 13.8 Å². The summed E-state index contributed by atoms with van der Waals surface area (Å²) < 4.78 is 1.45. The van der Waals surface area contributed by atoms with Crippen molar-refractivity contribution in [3.63, 3.8) is 0 Å². The third-order valence-corrected chi connectivity index (χ3v) is 3.24. The zero-order valence-corrected chi connectivity index (χ0v) is 11.7. The highest BCUT2D eigenvalue weighted by atomic mass is 16.1. The van der Waals surface area contributed by atoms with Gasteiger partial charge >= 0.3 is 0 Å². The lowest BCUT2D eigenvalue weighted by molar-refractivity contribution is 0.0941. The quantitative estimate of drug-likeness (QED) is 0.659. The van der Waals surface area contributed by atoms with E-state index in [9.17, 15) is 4.79 Å². The molecule has 21 heavy (non-hydrogen) atoms. The van der Waals surface area contributed by atoms with Crippen LogP contribution in [0.15, 0.2) is 24.7 Å². The maximum atomic E-state index is 12.4. The molecule has 0 aliphatic rings. The van der Waals surface area contributed by atoms with Gasteiger partial charge < -0.3 is 11.1 Å². The second kappa shape index (κ2) is 4.89. The summed E-state index contributed by atoms with van der Waals surface area (Å²) in [5.74, 6) is 0.190. The number of aryl methyl sites for hydroxylation is 1. The number of amides is 1. The number of carbonyl (C=O) groups is 1. The van der Waals surface area contributed by atoms with E-state index in [0.717, 1.165) is 11.3 Å². The Morgan fingerprint density at radius 2 is 2.29 bits per heavy atom. The number of hydrogen-bond acceptors (Lipinski definition) is 5. The van der Waals surface area contributed by atoms with Gasteiger partial charge in [0.2, 0.25) is 0 Å². The van der Waals surface area contributed by atoms with Gasteiger partial charge in [-0.2, -0.15) is 14.7 Å². The third kappa shape index (κ3) is 2.31. The van der Waals surface area contributed by atoms with Crippen LogP contribution in [-0.2, 0) is 0 Å². The van der Waals surface area contributed by atoms with Crippen molar-refractivity contribution in [1.82, 2.24) is 30.1 Å². The lowest BCUT2D eigenvalue weighted by Crippen LogP contribution is -2.26. The summed E-state index contributed by atoms with van der Waals surface area (Å²) in [5.41, 5.74) is 8.33. The van der Waals surface area contributed by atoms with Crippen LogP contribution in [0.4, 0.5) is 5.82 Å². The Hall–Kier alpha value is -2.90. The van der Waals surface area contributed by atoms with Crippen molar-refractivity contribution in [1.29, 1.82) is 0 Å². The number of fused-ring (bicyclic) bond motifs is 1. The molecule has 3 aromatic rings. The Bertz CT molecular complexity index is 790. The monoisotopic (exact) mass is 285 g/mol. The number of nitrogen functional groups attached to an aromatic ring is 1. The highest BCUT2D eigenvalue weighted by molar-refractivity contribution is 6.00. The Morgan fingerprint density at radius 3 is 3.00 bits per heavy atom. The van der Waals surface area contributed by atoms with Crippen LogP contribution < -0.4 is 11.1 Å². The first-order valence-electron chi connectivity index (χ1n) is 6.46. The predicted molar refractivity (Wildman–Crippen MR) is 76.6 cm³/mol. The van der Waals surface area contributed by atoms with Gasteiger partial charge in [-0.25, -0.2) is 4.98 Å². The van der Waals surface area contributed by atoms with Gasteiger partial charge in [0.05, 0.1) is 18.4 Å². The fourth-order valence-electron chi connectivity index (χ4n) is 2.13. The summed E-state index contributed by atoms with van der Waals surface area (Å²) in [4.78, 5) is 16.7. The summed E-state index contributed by atoms with van der Waals surface area (Å²) in [5, 5.41) is 13.6. The minimum Gasteiger partial charge on any atom is -0.384 e. The molecule has 0 aliphatic heterocycles. The number of carbonyl (C=O) groups excluding carboxylic acids is 1. The minimum atomic E-state index is -0.254. The van der Waals surface area contributed by atoms with Gasteiger partial charge in [-0.15, -0.1) is 0 Å². The van der Waals surface area contributed by atoms with Gasteiger partial charge in [0.1, 0.15) is 11.4 Å². The normalized spacial score (nSPS) is 12.5. The molecular weight excluding hydrogens is 270 g/mol. The van der Waals surface area contributed by atoms with Gasteiger partial charge in [0, 0.05) is 23.5 Å². The van der Waals surface area contributed by atoms with Crippen LogP contribution in [0.25, 0.3) is 5.65 Å². The molecule has 3 heterocycles. The molecule has 4 N–H and O–H groups in total. The van der Waals surface area contributed by atoms with Crippen molar-refractivity contribution < 1.29 is 4.79 Å². The molecule has 1 unspecified atom stereocenters. The van der Waals surface area contributed by atoms with Crippen LogP contribution in [0, 0.1) is 6.92 Å². The fraction of sp³-hybridized carbons (Fsp3) is 0.231. The molecule has 0 spiro atoms. The highest BCUT2D eigenvalue weighted by Crippen LogP contribution is 2.15. The number of nitrogens with two attached hydrogens (primary N) is 1. The van der Waals surface area contributed by atoms with E-state index in [1.54, 1.807) is 18.5 Å². The number of nitrogens with zero attached hydrogens (tertiary/aromatic N) is 4. The second-order valence-corrected chi connectivity index (χ2v) is 4.84. The Labute approximate surface area is 120 Å². The molecule has 0 fully saturated rings. The van der Waals surface area contributed by atoms with Crippen molar-refractivity contribution in [2.45, 2.75) is 19.9 Å². The molecule has 3 aromatic heterocycles. The fourth-order valence-corrected chi connectivity index (χ4v) is 2.13. The van der Waals surface area contributed by atoms with Gasteiger partial charge in [-0.05, 0) is 13.8 Å². The summed E-state index contributed by atoms with van der Waals surface area (Å²) in [6.07, 6.45) is 4.87. The number of aromatic nitrogens is 5. The largest absolute Gasteiger partial charge is 0.384 e. The van der Waals surface area contributed by atoms with Gasteiger partial charge in [-0.3, -0.25) is 9.89 Å². The van der Waals surface area contributed by atoms with E-state index in [-0.39, 0.29) is 11.9 Å². The number of rotatable bonds is 3. The Kier molecular flexibility index (Phi) is 3.05.